The van der Waals surface area contributed by atoms with Crippen LogP contribution in [0, 0.1) is 23.7 Å². The Balaban J connectivity index is 1.52. The van der Waals surface area contributed by atoms with E-state index in [0.29, 0.717) is 12.3 Å². The summed E-state index contributed by atoms with van der Waals surface area (Å²) in [4.78, 5) is 12.1. The van der Waals surface area contributed by atoms with Crippen LogP contribution >= 0.6 is 0 Å². The number of alkyl halides is 2. The smallest absolute Gasteiger partial charge is 0.248 e. The van der Waals surface area contributed by atoms with Crippen molar-refractivity contribution < 1.29 is 13.6 Å². The summed E-state index contributed by atoms with van der Waals surface area (Å²) in [6.45, 7) is 2.05. The number of fused-ring (bicyclic) bond motifs is 2. The van der Waals surface area contributed by atoms with Gasteiger partial charge in [-0.15, -0.1) is 0 Å². The van der Waals surface area contributed by atoms with Gasteiger partial charge in [0, 0.05) is 24.8 Å². The summed E-state index contributed by atoms with van der Waals surface area (Å²) < 4.78 is 26.3. The van der Waals surface area contributed by atoms with Crippen molar-refractivity contribution in [3.05, 3.63) is 0 Å². The second-order valence-corrected chi connectivity index (χ2v) is 6.93. The van der Waals surface area contributed by atoms with Crippen molar-refractivity contribution in [3.63, 3.8) is 0 Å². The minimum atomic E-state index is -2.63. The summed E-state index contributed by atoms with van der Waals surface area (Å²) >= 11 is 0. The van der Waals surface area contributed by atoms with E-state index in [4.69, 9.17) is 0 Å². The molecule has 3 aliphatic rings. The summed E-state index contributed by atoms with van der Waals surface area (Å²) in [7, 11) is 0. The largest absolute Gasteiger partial charge is 0.353 e. The Bertz CT molecular complexity index is 371. The second kappa shape index (κ2) is 4.71. The molecule has 0 unspecified atom stereocenters. The molecule has 4 heteroatoms. The molecule has 19 heavy (non-hydrogen) atoms. The van der Waals surface area contributed by atoms with Crippen LogP contribution in [0.15, 0.2) is 0 Å². The van der Waals surface area contributed by atoms with Gasteiger partial charge in [-0.2, -0.15) is 0 Å². The van der Waals surface area contributed by atoms with Gasteiger partial charge in [0.15, 0.2) is 0 Å². The lowest BCUT2D eigenvalue weighted by Gasteiger charge is -2.29. The van der Waals surface area contributed by atoms with E-state index >= 15 is 0 Å². The number of carbonyl (C=O) groups is 1. The molecule has 3 aliphatic carbocycles. The standard InChI is InChI=1S/C15H23F2NO/c1-9(13-7-10-2-3-11(13)6-10)18-14(19)12-4-5-15(16,17)8-12/h9-13H,2-8H2,1H3,(H,18,19)/t9-,10-,11-,12-,13+/m0/s1. The average molecular weight is 271 g/mol. The first-order chi connectivity index (χ1) is 8.94. The Morgan fingerprint density at radius 3 is 2.58 bits per heavy atom. The topological polar surface area (TPSA) is 29.1 Å². The number of hydrogen-bond acceptors (Lipinski definition) is 1. The van der Waals surface area contributed by atoms with Crippen molar-refractivity contribution in [2.24, 2.45) is 23.7 Å². The lowest BCUT2D eigenvalue weighted by Crippen LogP contribution is -2.42. The van der Waals surface area contributed by atoms with Gasteiger partial charge in [0.05, 0.1) is 0 Å². The maximum absolute atomic E-state index is 13.1. The lowest BCUT2D eigenvalue weighted by molar-refractivity contribution is -0.126. The van der Waals surface area contributed by atoms with Gasteiger partial charge in [-0.3, -0.25) is 4.79 Å². The van der Waals surface area contributed by atoms with Gasteiger partial charge in [0.1, 0.15) is 0 Å². The summed E-state index contributed by atoms with van der Waals surface area (Å²) in [5, 5.41) is 3.01. The third kappa shape index (κ3) is 2.63. The van der Waals surface area contributed by atoms with Gasteiger partial charge in [-0.1, -0.05) is 6.42 Å². The first-order valence-electron chi connectivity index (χ1n) is 7.63. The molecular weight excluding hydrogens is 248 g/mol. The van der Waals surface area contributed by atoms with Gasteiger partial charge in [-0.25, -0.2) is 8.78 Å². The Hall–Kier alpha value is -0.670. The zero-order valence-corrected chi connectivity index (χ0v) is 11.5. The van der Waals surface area contributed by atoms with Gasteiger partial charge < -0.3 is 5.32 Å². The van der Waals surface area contributed by atoms with Crippen LogP contribution in [0.4, 0.5) is 8.78 Å². The first kappa shape index (κ1) is 13.3. The maximum atomic E-state index is 13.1. The van der Waals surface area contributed by atoms with Crippen LogP contribution in [0.5, 0.6) is 0 Å². The molecule has 3 saturated carbocycles. The van der Waals surface area contributed by atoms with Gasteiger partial charge >= 0.3 is 0 Å². The fourth-order valence-corrected chi connectivity index (χ4v) is 4.53. The molecule has 5 atom stereocenters. The average Bonchev–Trinajstić information content (AvgIpc) is 3.02. The van der Waals surface area contributed by atoms with Gasteiger partial charge in [0.25, 0.3) is 0 Å². The van der Waals surface area contributed by atoms with Gasteiger partial charge in [-0.05, 0) is 50.4 Å². The molecule has 0 spiro atoms. The number of halogens is 2. The Morgan fingerprint density at radius 1 is 1.26 bits per heavy atom. The highest BCUT2D eigenvalue weighted by atomic mass is 19.3. The minimum Gasteiger partial charge on any atom is -0.353 e. The molecule has 0 radical (unpaired) electrons. The molecule has 2 nitrogen and oxygen atoms in total. The normalized spacial score (nSPS) is 41.4. The molecule has 108 valence electrons. The van der Waals surface area contributed by atoms with E-state index in [0.717, 1.165) is 11.8 Å². The van der Waals surface area contributed by atoms with Crippen molar-refractivity contribution in [1.82, 2.24) is 5.32 Å². The predicted molar refractivity (Wildman–Crippen MR) is 68.8 cm³/mol. The summed E-state index contributed by atoms with van der Waals surface area (Å²) in [5.41, 5.74) is 0. The molecule has 2 bridgehead atoms. The van der Waals surface area contributed by atoms with Crippen LogP contribution in [0.1, 0.15) is 51.9 Å². The highest BCUT2D eigenvalue weighted by Gasteiger charge is 2.45. The van der Waals surface area contributed by atoms with E-state index < -0.39 is 11.8 Å². The van der Waals surface area contributed by atoms with E-state index in [2.05, 4.69) is 12.2 Å². The molecule has 0 aromatic carbocycles. The molecule has 0 aliphatic heterocycles. The fourth-order valence-electron chi connectivity index (χ4n) is 4.53. The van der Waals surface area contributed by atoms with Crippen LogP contribution in [-0.2, 0) is 4.79 Å². The van der Waals surface area contributed by atoms with Crippen LogP contribution in [0.3, 0.4) is 0 Å². The van der Waals surface area contributed by atoms with Gasteiger partial charge in [0.2, 0.25) is 11.8 Å². The van der Waals surface area contributed by atoms with Crippen LogP contribution in [-0.4, -0.2) is 17.9 Å². The van der Waals surface area contributed by atoms with E-state index in [9.17, 15) is 13.6 Å². The summed E-state index contributed by atoms with van der Waals surface area (Å²) in [6, 6.07) is 0.150. The molecular formula is C15H23F2NO. The van der Waals surface area contributed by atoms with E-state index in [1.54, 1.807) is 0 Å². The molecule has 1 amide bonds. The molecule has 0 aromatic rings. The van der Waals surface area contributed by atoms with Crippen LogP contribution < -0.4 is 5.32 Å². The highest BCUT2D eigenvalue weighted by molar-refractivity contribution is 5.79. The second-order valence-electron chi connectivity index (χ2n) is 6.93. The number of nitrogens with one attached hydrogen (secondary N) is 1. The Kier molecular flexibility index (Phi) is 3.30. The SMILES string of the molecule is C[C@H](NC(=O)[C@H]1CCC(F)(F)C1)[C@H]1C[C@H]2CC[C@H]1C2. The first-order valence-corrected chi connectivity index (χ1v) is 7.63. The lowest BCUT2D eigenvalue weighted by atomic mass is 9.84. The van der Waals surface area contributed by atoms with Crippen LogP contribution in [0.2, 0.25) is 0 Å². The highest BCUT2D eigenvalue weighted by Crippen LogP contribution is 2.49. The van der Waals surface area contributed by atoms with Crippen molar-refractivity contribution >= 4 is 5.91 Å². The summed E-state index contributed by atoms with van der Waals surface area (Å²) in [6.07, 6.45) is 5.10. The molecule has 0 aromatic heterocycles. The van der Waals surface area contributed by atoms with Crippen molar-refractivity contribution in [2.45, 2.75) is 63.8 Å². The zero-order chi connectivity index (χ0) is 13.6. The quantitative estimate of drug-likeness (QED) is 0.838. The van der Waals surface area contributed by atoms with Crippen LogP contribution in [0.25, 0.3) is 0 Å². The number of amides is 1. The zero-order valence-electron chi connectivity index (χ0n) is 11.5. The van der Waals surface area contributed by atoms with E-state index in [-0.39, 0.29) is 24.8 Å². The number of hydrogen-bond donors (Lipinski definition) is 1. The maximum Gasteiger partial charge on any atom is 0.248 e. The predicted octanol–water partition coefficient (Wildman–Crippen LogP) is 3.36. The van der Waals surface area contributed by atoms with E-state index in [1.165, 1.54) is 25.7 Å². The molecule has 3 fully saturated rings. The number of rotatable bonds is 3. The molecule has 3 rings (SSSR count). The third-order valence-corrected chi connectivity index (χ3v) is 5.58. The summed E-state index contributed by atoms with van der Waals surface area (Å²) in [5.74, 6) is -1.07. The molecule has 0 heterocycles. The minimum absolute atomic E-state index is 0.131. The van der Waals surface area contributed by atoms with E-state index in [1.807, 2.05) is 0 Å². The van der Waals surface area contributed by atoms with Crippen molar-refractivity contribution in [2.75, 3.05) is 0 Å². The van der Waals surface area contributed by atoms with Crippen molar-refractivity contribution in [3.8, 4) is 0 Å². The Morgan fingerprint density at radius 2 is 2.05 bits per heavy atom. The fraction of sp³-hybridized carbons (Fsp3) is 0.933. The third-order valence-electron chi connectivity index (χ3n) is 5.58. The molecule has 1 N–H and O–H groups in total. The number of carbonyl (C=O) groups excluding carboxylic acids is 1. The monoisotopic (exact) mass is 271 g/mol. The molecule has 0 saturated heterocycles. The Labute approximate surface area is 113 Å². The van der Waals surface area contributed by atoms with Crippen molar-refractivity contribution in [1.29, 1.82) is 0 Å².